The molecule has 0 fully saturated rings. The predicted octanol–water partition coefficient (Wildman–Crippen LogP) is 3.59. The van der Waals surface area contributed by atoms with Crippen molar-refractivity contribution in [2.24, 2.45) is 0 Å². The molecule has 144 valence electrons. The number of anilines is 1. The van der Waals surface area contributed by atoms with E-state index < -0.39 is 23.6 Å². The number of ketones is 1. The number of benzene rings is 1. The summed E-state index contributed by atoms with van der Waals surface area (Å²) >= 11 is 6.10. The number of carboxylic acid groups (broad SMARTS) is 1. The van der Waals surface area contributed by atoms with E-state index in [1.54, 1.807) is 6.92 Å². The van der Waals surface area contributed by atoms with E-state index in [-0.39, 0.29) is 40.0 Å². The van der Waals surface area contributed by atoms with Gasteiger partial charge in [-0.1, -0.05) is 24.6 Å². The lowest BCUT2D eigenvalue weighted by atomic mass is 9.96. The fourth-order valence-corrected chi connectivity index (χ4v) is 3.05. The quantitative estimate of drug-likeness (QED) is 0.592. The molecule has 2 rings (SSSR count). The van der Waals surface area contributed by atoms with Crippen LogP contribution < -0.4 is 11.1 Å². The maximum atomic E-state index is 15.2. The van der Waals surface area contributed by atoms with E-state index in [4.69, 9.17) is 22.4 Å². The Morgan fingerprint density at radius 2 is 2.04 bits per heavy atom. The lowest BCUT2D eigenvalue weighted by Gasteiger charge is -2.23. The van der Waals surface area contributed by atoms with Crippen molar-refractivity contribution in [3.63, 3.8) is 0 Å². The normalized spacial score (nSPS) is 13.2. The summed E-state index contributed by atoms with van der Waals surface area (Å²) < 4.78 is 15.2. The molecule has 1 aromatic carbocycles. The summed E-state index contributed by atoms with van der Waals surface area (Å²) in [6, 6.07) is 5.04. The average molecular weight is 394 g/mol. The Balaban J connectivity index is 2.39. The van der Waals surface area contributed by atoms with Gasteiger partial charge < -0.3 is 16.2 Å². The zero-order valence-electron chi connectivity index (χ0n) is 15.0. The summed E-state index contributed by atoms with van der Waals surface area (Å²) in [6.07, 6.45) is 1.67. The van der Waals surface area contributed by atoms with Gasteiger partial charge in [0.15, 0.2) is 5.78 Å². The number of carbonyl (C=O) groups is 2. The minimum atomic E-state index is -0.951. The minimum absolute atomic E-state index is 0.00786. The van der Waals surface area contributed by atoms with E-state index in [2.05, 4.69) is 10.3 Å². The SMILES string of the molecule is CC[C@@H](NC(C)CC(=O)O)c1ccc(Cl)c(C(=O)c2ccc(N)nc2)c1F. The van der Waals surface area contributed by atoms with Gasteiger partial charge in [0.1, 0.15) is 11.6 Å². The molecule has 0 aliphatic heterocycles. The summed E-state index contributed by atoms with van der Waals surface area (Å²) in [6.45, 7) is 3.54. The van der Waals surface area contributed by atoms with E-state index in [0.717, 1.165) is 0 Å². The highest BCUT2D eigenvalue weighted by molar-refractivity contribution is 6.35. The molecular weight excluding hydrogens is 373 g/mol. The molecule has 0 aliphatic rings. The second-order valence-electron chi connectivity index (χ2n) is 6.25. The van der Waals surface area contributed by atoms with Crippen molar-refractivity contribution in [1.82, 2.24) is 10.3 Å². The molecule has 0 amide bonds. The molecule has 8 heteroatoms. The minimum Gasteiger partial charge on any atom is -0.481 e. The Morgan fingerprint density at radius 3 is 2.59 bits per heavy atom. The molecule has 0 spiro atoms. The van der Waals surface area contributed by atoms with Gasteiger partial charge in [-0.3, -0.25) is 9.59 Å². The number of nitrogens with one attached hydrogen (secondary N) is 1. The van der Waals surface area contributed by atoms with E-state index in [1.807, 2.05) is 6.92 Å². The number of aromatic nitrogens is 1. The van der Waals surface area contributed by atoms with E-state index in [1.165, 1.54) is 30.5 Å². The van der Waals surface area contributed by atoms with Crippen LogP contribution in [0.5, 0.6) is 0 Å². The Labute approximate surface area is 161 Å². The highest BCUT2D eigenvalue weighted by Gasteiger charge is 2.25. The van der Waals surface area contributed by atoms with Crippen molar-refractivity contribution in [2.75, 3.05) is 5.73 Å². The van der Waals surface area contributed by atoms with Gasteiger partial charge in [-0.05, 0) is 31.5 Å². The first-order valence-electron chi connectivity index (χ1n) is 8.46. The van der Waals surface area contributed by atoms with Gasteiger partial charge in [-0.2, -0.15) is 0 Å². The number of rotatable bonds is 8. The van der Waals surface area contributed by atoms with E-state index >= 15 is 4.39 Å². The van der Waals surface area contributed by atoms with Crippen LogP contribution in [0.2, 0.25) is 5.02 Å². The lowest BCUT2D eigenvalue weighted by Crippen LogP contribution is -2.32. The molecule has 1 unspecified atom stereocenters. The zero-order valence-corrected chi connectivity index (χ0v) is 15.8. The number of nitrogens with zero attached hydrogens (tertiary/aromatic N) is 1. The highest BCUT2D eigenvalue weighted by atomic mass is 35.5. The van der Waals surface area contributed by atoms with Crippen molar-refractivity contribution < 1.29 is 19.1 Å². The third-order valence-corrected chi connectivity index (χ3v) is 4.46. The van der Waals surface area contributed by atoms with Crippen molar-refractivity contribution in [3.05, 3.63) is 58.0 Å². The Morgan fingerprint density at radius 1 is 1.33 bits per heavy atom. The number of carboxylic acids is 1. The van der Waals surface area contributed by atoms with Crippen molar-refractivity contribution in [1.29, 1.82) is 0 Å². The summed E-state index contributed by atoms with van der Waals surface area (Å²) in [5, 5.41) is 12.0. The molecule has 0 aliphatic carbocycles. The maximum Gasteiger partial charge on any atom is 0.304 e. The molecule has 0 saturated carbocycles. The highest BCUT2D eigenvalue weighted by Crippen LogP contribution is 2.30. The first kappa shape index (κ1) is 20.8. The number of hydrogen-bond acceptors (Lipinski definition) is 5. The molecule has 6 nitrogen and oxygen atoms in total. The topological polar surface area (TPSA) is 105 Å². The second-order valence-corrected chi connectivity index (χ2v) is 6.66. The van der Waals surface area contributed by atoms with Gasteiger partial charge in [-0.15, -0.1) is 0 Å². The van der Waals surface area contributed by atoms with Crippen molar-refractivity contribution >= 4 is 29.2 Å². The van der Waals surface area contributed by atoms with Gasteiger partial charge in [0, 0.05) is 29.4 Å². The number of pyridine rings is 1. The monoisotopic (exact) mass is 393 g/mol. The van der Waals surface area contributed by atoms with Gasteiger partial charge in [0.25, 0.3) is 0 Å². The van der Waals surface area contributed by atoms with E-state index in [0.29, 0.717) is 6.42 Å². The fourth-order valence-electron chi connectivity index (χ4n) is 2.82. The Bertz CT molecular complexity index is 843. The van der Waals surface area contributed by atoms with Gasteiger partial charge in [-0.25, -0.2) is 9.37 Å². The van der Waals surface area contributed by atoms with Crippen LogP contribution in [0.15, 0.2) is 30.5 Å². The Hall–Kier alpha value is -2.51. The summed E-state index contributed by atoms with van der Waals surface area (Å²) in [5.74, 6) is -2.03. The number of aliphatic carboxylic acids is 1. The molecule has 4 N–H and O–H groups in total. The van der Waals surface area contributed by atoms with Crippen molar-refractivity contribution in [2.45, 2.75) is 38.8 Å². The van der Waals surface area contributed by atoms with Crippen molar-refractivity contribution in [3.8, 4) is 0 Å². The molecule has 27 heavy (non-hydrogen) atoms. The first-order valence-corrected chi connectivity index (χ1v) is 8.84. The molecule has 0 bridgehead atoms. The van der Waals surface area contributed by atoms with Crippen LogP contribution in [-0.4, -0.2) is 27.9 Å². The molecule has 1 aromatic heterocycles. The van der Waals surface area contributed by atoms with Crippen LogP contribution >= 0.6 is 11.6 Å². The van der Waals surface area contributed by atoms with Gasteiger partial charge >= 0.3 is 5.97 Å². The number of hydrogen-bond donors (Lipinski definition) is 3. The predicted molar refractivity (Wildman–Crippen MR) is 101 cm³/mol. The molecule has 2 atom stereocenters. The third-order valence-electron chi connectivity index (χ3n) is 4.15. The molecule has 1 heterocycles. The number of nitrogen functional groups attached to an aromatic ring is 1. The van der Waals surface area contributed by atoms with Crippen LogP contribution in [0, 0.1) is 5.82 Å². The fraction of sp³-hybridized carbons (Fsp3) is 0.316. The van der Waals surface area contributed by atoms with Crippen LogP contribution in [0.4, 0.5) is 10.2 Å². The van der Waals surface area contributed by atoms with Crippen LogP contribution in [-0.2, 0) is 4.79 Å². The lowest BCUT2D eigenvalue weighted by molar-refractivity contribution is -0.137. The number of carbonyl (C=O) groups excluding carboxylic acids is 1. The maximum absolute atomic E-state index is 15.2. The summed E-state index contributed by atoms with van der Waals surface area (Å²) in [4.78, 5) is 27.4. The van der Waals surface area contributed by atoms with Gasteiger partial charge in [0.05, 0.1) is 17.0 Å². The van der Waals surface area contributed by atoms with Crippen LogP contribution in [0.25, 0.3) is 0 Å². The standard InChI is InChI=1S/C19H21ClFN3O3/c1-3-14(24-10(2)8-16(25)26)12-5-6-13(20)17(18(12)21)19(27)11-4-7-15(22)23-9-11/h4-7,9-10,14,24H,3,8H2,1-2H3,(H2,22,23)(H,25,26)/t10?,14-/m1/s1. The molecule has 0 radical (unpaired) electrons. The smallest absolute Gasteiger partial charge is 0.304 e. The zero-order chi connectivity index (χ0) is 20.1. The number of halogens is 2. The van der Waals surface area contributed by atoms with E-state index in [9.17, 15) is 9.59 Å². The van der Waals surface area contributed by atoms with Crippen LogP contribution in [0.1, 0.15) is 54.2 Å². The summed E-state index contributed by atoms with van der Waals surface area (Å²) in [7, 11) is 0. The molecule has 2 aromatic rings. The molecule has 0 saturated heterocycles. The first-order chi connectivity index (χ1) is 12.7. The summed E-state index contributed by atoms with van der Waals surface area (Å²) in [5.41, 5.74) is 5.70. The second kappa shape index (κ2) is 8.92. The van der Waals surface area contributed by atoms with Gasteiger partial charge in [0.2, 0.25) is 0 Å². The average Bonchev–Trinajstić information content (AvgIpc) is 2.60. The molecular formula is C19H21ClFN3O3. The Kier molecular flexibility index (Phi) is 6.87. The third kappa shape index (κ3) is 5.02. The largest absolute Gasteiger partial charge is 0.481 e. The van der Waals surface area contributed by atoms with Crippen LogP contribution in [0.3, 0.4) is 0 Å². The number of nitrogens with two attached hydrogens (primary N) is 1.